The molecule has 0 bridgehead atoms. The molecule has 0 saturated carbocycles. The van der Waals surface area contributed by atoms with Gasteiger partial charge in [0.15, 0.2) is 0 Å². The fourth-order valence-electron chi connectivity index (χ4n) is 9.19. The van der Waals surface area contributed by atoms with Gasteiger partial charge in [0, 0.05) is 27.7 Å². The van der Waals surface area contributed by atoms with Gasteiger partial charge in [-0.15, -0.1) is 0 Å². The van der Waals surface area contributed by atoms with Crippen LogP contribution in [0.3, 0.4) is 0 Å². The number of hydrogen-bond acceptors (Lipinski definition) is 1. The molecule has 2 nitrogen and oxygen atoms in total. The topological polar surface area (TPSA) is 8.17 Å². The SMILES string of the molecule is c1ccc(-c2ccc(-c3ccc(N(c4ccccc4)c4cccc5c4c4ccccc4n5-c4ccccc4-c4ccccc4)cc3-c3ccccc3-c3ccccc3)cc2)cc1. The van der Waals surface area contributed by atoms with E-state index in [9.17, 15) is 0 Å². The van der Waals surface area contributed by atoms with Gasteiger partial charge in [-0.25, -0.2) is 0 Å². The Morgan fingerprint density at radius 1 is 0.274 bits per heavy atom. The Morgan fingerprint density at radius 3 is 1.47 bits per heavy atom. The highest BCUT2D eigenvalue weighted by molar-refractivity contribution is 6.17. The fraction of sp³-hybridized carbons (Fsp3) is 0. The van der Waals surface area contributed by atoms with Crippen LogP contribution in [0.1, 0.15) is 0 Å². The van der Waals surface area contributed by atoms with Crippen molar-refractivity contribution in [1.29, 1.82) is 0 Å². The van der Waals surface area contributed by atoms with Crippen LogP contribution in [0.5, 0.6) is 0 Å². The van der Waals surface area contributed by atoms with Crippen LogP contribution in [0.15, 0.2) is 255 Å². The molecule has 0 aliphatic carbocycles. The number of aromatic nitrogens is 1. The molecule has 0 saturated heterocycles. The first-order valence-electron chi connectivity index (χ1n) is 21.3. The molecule has 292 valence electrons. The molecule has 10 aromatic carbocycles. The van der Waals surface area contributed by atoms with Gasteiger partial charge in [-0.05, 0) is 98.6 Å². The lowest BCUT2D eigenvalue weighted by Gasteiger charge is -2.28. The van der Waals surface area contributed by atoms with E-state index in [1.165, 1.54) is 66.4 Å². The summed E-state index contributed by atoms with van der Waals surface area (Å²) in [6.07, 6.45) is 0. The largest absolute Gasteiger partial charge is 0.310 e. The van der Waals surface area contributed by atoms with Gasteiger partial charge in [0.2, 0.25) is 0 Å². The first-order chi connectivity index (χ1) is 30.8. The lowest BCUT2D eigenvalue weighted by Crippen LogP contribution is -2.10. The average molecular weight is 791 g/mol. The molecule has 0 atom stereocenters. The maximum Gasteiger partial charge on any atom is 0.0562 e. The molecule has 0 spiro atoms. The molecule has 0 amide bonds. The van der Waals surface area contributed by atoms with Crippen LogP contribution in [0.25, 0.3) is 83.1 Å². The summed E-state index contributed by atoms with van der Waals surface area (Å²) >= 11 is 0. The Labute approximate surface area is 362 Å². The summed E-state index contributed by atoms with van der Waals surface area (Å²) in [6, 6.07) is 92.1. The van der Waals surface area contributed by atoms with Crippen molar-refractivity contribution >= 4 is 38.9 Å². The molecule has 11 aromatic rings. The van der Waals surface area contributed by atoms with E-state index in [2.05, 4.69) is 264 Å². The molecule has 0 fully saturated rings. The van der Waals surface area contributed by atoms with Crippen LogP contribution in [-0.4, -0.2) is 4.57 Å². The summed E-state index contributed by atoms with van der Waals surface area (Å²) in [6.45, 7) is 0. The highest BCUT2D eigenvalue weighted by Gasteiger charge is 2.23. The van der Waals surface area contributed by atoms with Crippen LogP contribution in [0.2, 0.25) is 0 Å². The Hall–Kier alpha value is -8.20. The van der Waals surface area contributed by atoms with Crippen LogP contribution < -0.4 is 4.90 Å². The minimum absolute atomic E-state index is 1.08. The first kappa shape index (κ1) is 36.8. The van der Waals surface area contributed by atoms with Gasteiger partial charge in [0.25, 0.3) is 0 Å². The standard InChI is InChI=1S/C60H42N2/c1-5-20-43(21-6-1)44-36-38-47(39-37-44)51-41-40-49(42-55(51)53-30-14-13-28-50(53)45-22-7-2-8-23-45)61(48-26-11-4-12-27-48)58-34-19-35-59-60(58)54-31-16-18-33-57(54)62(59)56-32-17-15-29-52(56)46-24-9-3-10-25-46/h1-42H. The van der Waals surface area contributed by atoms with E-state index in [1.54, 1.807) is 0 Å². The number of hydrogen-bond donors (Lipinski definition) is 0. The van der Waals surface area contributed by atoms with Crippen molar-refractivity contribution in [3.63, 3.8) is 0 Å². The molecular weight excluding hydrogens is 749 g/mol. The Bertz CT molecular complexity index is 3310. The zero-order valence-corrected chi connectivity index (χ0v) is 34.1. The predicted octanol–water partition coefficient (Wildman–Crippen LogP) is 16.6. The van der Waals surface area contributed by atoms with Crippen molar-refractivity contribution in [2.24, 2.45) is 0 Å². The third-order valence-corrected chi connectivity index (χ3v) is 12.0. The maximum atomic E-state index is 2.45. The Morgan fingerprint density at radius 2 is 0.758 bits per heavy atom. The lowest BCUT2D eigenvalue weighted by atomic mass is 9.88. The number of para-hydroxylation sites is 3. The van der Waals surface area contributed by atoms with Gasteiger partial charge in [-0.3, -0.25) is 0 Å². The minimum Gasteiger partial charge on any atom is -0.310 e. The van der Waals surface area contributed by atoms with E-state index in [0.29, 0.717) is 0 Å². The van der Waals surface area contributed by atoms with Crippen molar-refractivity contribution in [3.05, 3.63) is 255 Å². The normalized spacial score (nSPS) is 11.2. The van der Waals surface area contributed by atoms with Gasteiger partial charge >= 0.3 is 0 Å². The first-order valence-corrected chi connectivity index (χ1v) is 21.3. The average Bonchev–Trinajstić information content (AvgIpc) is 3.70. The monoisotopic (exact) mass is 790 g/mol. The van der Waals surface area contributed by atoms with Crippen LogP contribution >= 0.6 is 0 Å². The summed E-state index contributed by atoms with van der Waals surface area (Å²) in [4.78, 5) is 2.44. The molecular formula is C60H42N2. The number of anilines is 3. The molecule has 0 radical (unpaired) electrons. The van der Waals surface area contributed by atoms with Gasteiger partial charge in [-0.2, -0.15) is 0 Å². The molecule has 1 heterocycles. The lowest BCUT2D eigenvalue weighted by molar-refractivity contribution is 1.18. The number of fused-ring (bicyclic) bond motifs is 3. The van der Waals surface area contributed by atoms with Crippen molar-refractivity contribution in [2.75, 3.05) is 4.90 Å². The number of rotatable bonds is 9. The molecule has 0 aliphatic heterocycles. The molecule has 0 N–H and O–H groups in total. The van der Waals surface area contributed by atoms with E-state index in [0.717, 1.165) is 33.8 Å². The van der Waals surface area contributed by atoms with Crippen LogP contribution in [-0.2, 0) is 0 Å². The summed E-state index contributed by atoms with van der Waals surface area (Å²) in [5.74, 6) is 0. The second kappa shape index (κ2) is 16.1. The van der Waals surface area contributed by atoms with E-state index in [1.807, 2.05) is 0 Å². The van der Waals surface area contributed by atoms with Crippen molar-refractivity contribution in [3.8, 4) is 61.3 Å². The summed E-state index contributed by atoms with van der Waals surface area (Å²) in [5.41, 5.74) is 18.6. The maximum absolute atomic E-state index is 2.45. The smallest absolute Gasteiger partial charge is 0.0562 e. The van der Waals surface area contributed by atoms with E-state index in [-0.39, 0.29) is 0 Å². The Balaban J connectivity index is 1.15. The summed E-state index contributed by atoms with van der Waals surface area (Å²) in [7, 11) is 0. The molecule has 0 unspecified atom stereocenters. The molecule has 1 aromatic heterocycles. The highest BCUT2D eigenvalue weighted by atomic mass is 15.1. The van der Waals surface area contributed by atoms with Gasteiger partial charge in [0.05, 0.1) is 22.4 Å². The predicted molar refractivity (Wildman–Crippen MR) is 263 cm³/mol. The summed E-state index contributed by atoms with van der Waals surface area (Å²) < 4.78 is 2.45. The highest BCUT2D eigenvalue weighted by Crippen LogP contribution is 2.47. The third kappa shape index (κ3) is 6.65. The van der Waals surface area contributed by atoms with Crippen LogP contribution in [0, 0.1) is 0 Å². The molecule has 11 rings (SSSR count). The Kier molecular flexibility index (Phi) is 9.57. The van der Waals surface area contributed by atoms with Gasteiger partial charge in [-0.1, -0.05) is 206 Å². The minimum atomic E-state index is 1.08. The van der Waals surface area contributed by atoms with Crippen molar-refractivity contribution in [2.45, 2.75) is 0 Å². The van der Waals surface area contributed by atoms with Crippen molar-refractivity contribution in [1.82, 2.24) is 4.57 Å². The number of benzene rings is 10. The second-order valence-corrected chi connectivity index (χ2v) is 15.7. The second-order valence-electron chi connectivity index (χ2n) is 15.7. The van der Waals surface area contributed by atoms with Crippen LogP contribution in [0.4, 0.5) is 17.1 Å². The van der Waals surface area contributed by atoms with E-state index < -0.39 is 0 Å². The summed E-state index contributed by atoms with van der Waals surface area (Å²) in [5, 5.41) is 2.40. The quantitative estimate of drug-likeness (QED) is 0.141. The van der Waals surface area contributed by atoms with E-state index in [4.69, 9.17) is 0 Å². The zero-order chi connectivity index (χ0) is 41.2. The van der Waals surface area contributed by atoms with Gasteiger partial charge in [0.1, 0.15) is 0 Å². The van der Waals surface area contributed by atoms with Gasteiger partial charge < -0.3 is 9.47 Å². The molecule has 62 heavy (non-hydrogen) atoms. The number of nitrogens with zero attached hydrogens (tertiary/aromatic N) is 2. The van der Waals surface area contributed by atoms with E-state index >= 15 is 0 Å². The zero-order valence-electron chi connectivity index (χ0n) is 34.1. The molecule has 2 heteroatoms. The van der Waals surface area contributed by atoms with Crippen molar-refractivity contribution < 1.29 is 0 Å². The molecule has 0 aliphatic rings. The fourth-order valence-corrected chi connectivity index (χ4v) is 9.19. The third-order valence-electron chi connectivity index (χ3n) is 12.0.